The molecule has 0 saturated carbocycles. The first-order chi connectivity index (χ1) is 16.5. The quantitative estimate of drug-likeness (QED) is 0.270. The molecule has 0 bridgehead atoms. The second-order valence-corrected chi connectivity index (χ2v) is 10.9. The minimum Gasteiger partial charge on any atom is -0.359 e. The van der Waals surface area contributed by atoms with E-state index in [4.69, 9.17) is 11.6 Å². The lowest BCUT2D eigenvalue weighted by molar-refractivity contribution is 0.551. The Morgan fingerprint density at radius 3 is 2.49 bits per heavy atom. The van der Waals surface area contributed by atoms with Crippen molar-refractivity contribution in [2.45, 2.75) is 16.3 Å². The van der Waals surface area contributed by atoms with Gasteiger partial charge < -0.3 is 5.32 Å². The van der Waals surface area contributed by atoms with Gasteiger partial charge in [0.15, 0.2) is 0 Å². The van der Waals surface area contributed by atoms with Crippen LogP contribution in [0.15, 0.2) is 75.4 Å². The molecule has 10 nitrogen and oxygen atoms in total. The second-order valence-electron chi connectivity index (χ2n) is 7.28. The maximum atomic E-state index is 13.7. The van der Waals surface area contributed by atoms with Gasteiger partial charge in [-0.15, -0.1) is 3.89 Å². The van der Waals surface area contributed by atoms with E-state index < -0.39 is 35.6 Å². The van der Waals surface area contributed by atoms with Crippen molar-refractivity contribution in [1.82, 2.24) is 15.0 Å². The van der Waals surface area contributed by atoms with Gasteiger partial charge in [0, 0.05) is 13.2 Å². The zero-order valence-corrected chi connectivity index (χ0v) is 20.3. The van der Waals surface area contributed by atoms with E-state index in [1.165, 1.54) is 30.5 Å². The number of halogens is 2. The van der Waals surface area contributed by atoms with E-state index in [0.29, 0.717) is 11.1 Å². The fourth-order valence-electron chi connectivity index (χ4n) is 3.34. The topological polar surface area (TPSA) is 142 Å². The Kier molecular flexibility index (Phi) is 6.49. The number of aromatic nitrogens is 3. The van der Waals surface area contributed by atoms with Crippen LogP contribution >= 0.6 is 11.6 Å². The predicted molar refractivity (Wildman–Crippen MR) is 129 cm³/mol. The first-order valence-corrected chi connectivity index (χ1v) is 13.1. The number of fused-ring (bicyclic) bond motifs is 1. The summed E-state index contributed by atoms with van der Waals surface area (Å²) >= 11 is 5.96. The second kappa shape index (κ2) is 9.24. The Balaban J connectivity index is 1.91. The zero-order chi connectivity index (χ0) is 25.4. The van der Waals surface area contributed by atoms with Crippen molar-refractivity contribution < 1.29 is 20.7 Å². The Bertz CT molecular complexity index is 1710. The highest BCUT2D eigenvalue weighted by atomic mass is 35.5. The van der Waals surface area contributed by atoms with Crippen LogP contribution in [0.2, 0.25) is 5.15 Å². The number of nitrogens with zero attached hydrogens (tertiary/aromatic N) is 3. The third-order valence-electron chi connectivity index (χ3n) is 5.01. The number of pyridine rings is 1. The molecule has 0 aliphatic carbocycles. The predicted octanol–water partition coefficient (Wildman–Crippen LogP) is 3.07. The summed E-state index contributed by atoms with van der Waals surface area (Å²) in [4.78, 5) is 22.0. The summed E-state index contributed by atoms with van der Waals surface area (Å²) in [7, 11) is -8.02. The largest absolute Gasteiger partial charge is 0.359 e. The highest BCUT2D eigenvalue weighted by molar-refractivity contribution is 7.92. The van der Waals surface area contributed by atoms with Crippen LogP contribution < -0.4 is 15.2 Å². The lowest BCUT2D eigenvalue weighted by atomic mass is 10.2. The molecule has 0 spiro atoms. The van der Waals surface area contributed by atoms with Crippen molar-refractivity contribution >= 4 is 54.4 Å². The molecule has 0 aliphatic rings. The Morgan fingerprint density at radius 2 is 1.80 bits per heavy atom. The molecule has 0 atom stereocenters. The molecule has 2 aromatic carbocycles. The molecule has 14 heteroatoms. The van der Waals surface area contributed by atoms with Gasteiger partial charge in [0.05, 0.1) is 32.9 Å². The zero-order valence-electron chi connectivity index (χ0n) is 17.9. The Hall–Kier alpha value is -3.55. The molecular weight excluding hydrogens is 521 g/mol. The first-order valence-electron chi connectivity index (χ1n) is 9.89. The maximum absolute atomic E-state index is 13.7. The summed E-state index contributed by atoms with van der Waals surface area (Å²) in [5.74, 6) is 0.232. The Labute approximate surface area is 204 Å². The van der Waals surface area contributed by atoms with Gasteiger partial charge in [-0.1, -0.05) is 17.7 Å². The van der Waals surface area contributed by atoms with Crippen molar-refractivity contribution in [3.8, 4) is 0 Å². The number of aromatic amines is 1. The number of hydrogen-bond acceptors (Lipinski definition) is 8. The highest BCUT2D eigenvalue weighted by Gasteiger charge is 2.28. The van der Waals surface area contributed by atoms with E-state index in [9.17, 15) is 25.5 Å². The summed E-state index contributed by atoms with van der Waals surface area (Å²) < 4.78 is 64.6. The summed E-state index contributed by atoms with van der Waals surface area (Å²) in [6.07, 6.45) is 1.40. The molecule has 0 aliphatic heterocycles. The third kappa shape index (κ3) is 5.11. The third-order valence-corrected chi connectivity index (χ3v) is 7.80. The van der Waals surface area contributed by atoms with Crippen molar-refractivity contribution in [3.63, 3.8) is 0 Å². The van der Waals surface area contributed by atoms with Crippen LogP contribution in [0, 0.1) is 0 Å². The van der Waals surface area contributed by atoms with Crippen LogP contribution in [0.25, 0.3) is 10.9 Å². The molecule has 182 valence electrons. The summed E-state index contributed by atoms with van der Waals surface area (Å²) in [6.45, 7) is -0.247. The monoisotopic (exact) mass is 537 g/mol. The van der Waals surface area contributed by atoms with Crippen LogP contribution in [0.3, 0.4) is 0 Å². The number of benzene rings is 2. The van der Waals surface area contributed by atoms with Crippen LogP contribution in [-0.4, -0.2) is 38.8 Å². The standard InChI is InChI=1S/C21H17ClFN5O5S2/c1-24-21-26-18-6-5-14(10-17(18)20(29)27-21)28(12-13-7-8-25-19(22)9-13)35(32,33)16-4-2-3-15(11-16)34(23,30)31/h2-11H,12H2,1H3,(H2,24,26,27,29). The van der Waals surface area contributed by atoms with E-state index >= 15 is 0 Å². The van der Waals surface area contributed by atoms with Crippen LogP contribution in [0.4, 0.5) is 15.5 Å². The van der Waals surface area contributed by atoms with E-state index in [2.05, 4.69) is 20.3 Å². The molecule has 2 heterocycles. The van der Waals surface area contributed by atoms with Crippen LogP contribution in [0.5, 0.6) is 0 Å². The van der Waals surface area contributed by atoms with E-state index in [1.54, 1.807) is 13.1 Å². The molecule has 0 fully saturated rings. The number of anilines is 2. The average Bonchev–Trinajstić information content (AvgIpc) is 2.82. The SMILES string of the molecule is CNc1nc2ccc(N(Cc3ccnc(Cl)c3)S(=O)(=O)c3cccc(S(=O)(=O)F)c3)cc2c(=O)[nH]1. The van der Waals surface area contributed by atoms with E-state index in [-0.39, 0.29) is 28.7 Å². The fraction of sp³-hybridized carbons (Fsp3) is 0.0952. The maximum Gasteiger partial charge on any atom is 0.332 e. The normalized spacial score (nSPS) is 12.0. The summed E-state index contributed by atoms with van der Waals surface area (Å²) in [5, 5.41) is 2.98. The van der Waals surface area contributed by atoms with Crippen molar-refractivity contribution in [3.05, 3.63) is 81.9 Å². The number of rotatable bonds is 7. The average molecular weight is 538 g/mol. The van der Waals surface area contributed by atoms with Gasteiger partial charge in [0.25, 0.3) is 15.6 Å². The van der Waals surface area contributed by atoms with E-state index in [0.717, 1.165) is 28.6 Å². The number of hydrogen-bond donors (Lipinski definition) is 2. The first kappa shape index (κ1) is 24.6. The number of H-pyrrole nitrogens is 1. The molecule has 4 rings (SSSR count). The van der Waals surface area contributed by atoms with E-state index in [1.807, 2.05) is 0 Å². The molecule has 4 aromatic rings. The fourth-order valence-corrected chi connectivity index (χ4v) is 5.61. The smallest absolute Gasteiger partial charge is 0.332 e. The van der Waals surface area contributed by atoms with Gasteiger partial charge in [-0.05, 0) is 54.1 Å². The molecule has 35 heavy (non-hydrogen) atoms. The van der Waals surface area contributed by atoms with Crippen LogP contribution in [0.1, 0.15) is 5.56 Å². The van der Waals surface area contributed by atoms with Gasteiger partial charge in [0.2, 0.25) is 5.95 Å². The molecule has 0 saturated heterocycles. The molecule has 2 N–H and O–H groups in total. The lowest BCUT2D eigenvalue weighted by Gasteiger charge is -2.25. The number of nitrogens with one attached hydrogen (secondary N) is 2. The van der Waals surface area contributed by atoms with Gasteiger partial charge in [-0.2, -0.15) is 8.42 Å². The van der Waals surface area contributed by atoms with Gasteiger partial charge in [0.1, 0.15) is 5.15 Å². The molecular formula is C21H17ClFN5O5S2. The highest BCUT2D eigenvalue weighted by Crippen LogP contribution is 2.29. The molecule has 0 unspecified atom stereocenters. The van der Waals surface area contributed by atoms with Crippen molar-refractivity contribution in [1.29, 1.82) is 0 Å². The van der Waals surface area contributed by atoms with Gasteiger partial charge >= 0.3 is 10.2 Å². The Morgan fingerprint density at radius 1 is 1.06 bits per heavy atom. The molecule has 0 radical (unpaired) electrons. The minimum atomic E-state index is -5.15. The summed E-state index contributed by atoms with van der Waals surface area (Å²) in [5.41, 5.74) is 0.358. The van der Waals surface area contributed by atoms with Crippen LogP contribution in [-0.2, 0) is 26.8 Å². The molecule has 2 aromatic heterocycles. The van der Waals surface area contributed by atoms with Gasteiger partial charge in [-0.25, -0.2) is 18.4 Å². The summed E-state index contributed by atoms with van der Waals surface area (Å²) in [6, 6.07) is 11.2. The lowest BCUT2D eigenvalue weighted by Crippen LogP contribution is -2.31. The molecule has 0 amide bonds. The number of sulfonamides is 1. The minimum absolute atomic E-state index is 0.0865. The van der Waals surface area contributed by atoms with Crippen molar-refractivity contribution in [2.75, 3.05) is 16.7 Å². The van der Waals surface area contributed by atoms with Crippen molar-refractivity contribution in [2.24, 2.45) is 0 Å². The van der Waals surface area contributed by atoms with Gasteiger partial charge in [-0.3, -0.25) is 14.1 Å².